The van der Waals surface area contributed by atoms with Crippen LogP contribution in [0.15, 0.2) is 16.6 Å². The van der Waals surface area contributed by atoms with E-state index in [9.17, 15) is 0 Å². The number of nitrogens with two attached hydrogens (primary N) is 1. The van der Waals surface area contributed by atoms with Gasteiger partial charge >= 0.3 is 0 Å². The van der Waals surface area contributed by atoms with Crippen LogP contribution in [0.25, 0.3) is 0 Å². The second-order valence-electron chi connectivity index (χ2n) is 3.67. The SMILES string of the molecule is COc1c(Br)cc(CON)cc1C(C)C. The van der Waals surface area contributed by atoms with Gasteiger partial charge in [0, 0.05) is 0 Å². The summed E-state index contributed by atoms with van der Waals surface area (Å²) in [6.07, 6.45) is 0. The van der Waals surface area contributed by atoms with Crippen LogP contribution in [0.3, 0.4) is 0 Å². The van der Waals surface area contributed by atoms with Gasteiger partial charge in [-0.3, -0.25) is 4.84 Å². The van der Waals surface area contributed by atoms with E-state index in [4.69, 9.17) is 10.6 Å². The first-order valence-electron chi connectivity index (χ1n) is 4.78. The lowest BCUT2D eigenvalue weighted by molar-refractivity contribution is 0.124. The second-order valence-corrected chi connectivity index (χ2v) is 4.52. The zero-order valence-corrected chi connectivity index (χ0v) is 10.8. The van der Waals surface area contributed by atoms with Crippen LogP contribution in [0.1, 0.15) is 30.9 Å². The molecular formula is C11H16BrNO2. The van der Waals surface area contributed by atoms with Gasteiger partial charge in [-0.2, -0.15) is 0 Å². The Morgan fingerprint density at radius 1 is 1.40 bits per heavy atom. The highest BCUT2D eigenvalue weighted by molar-refractivity contribution is 9.10. The number of benzene rings is 1. The van der Waals surface area contributed by atoms with Gasteiger partial charge in [0.05, 0.1) is 18.2 Å². The van der Waals surface area contributed by atoms with Crippen molar-refractivity contribution in [3.8, 4) is 5.75 Å². The van der Waals surface area contributed by atoms with Crippen LogP contribution in [-0.4, -0.2) is 7.11 Å². The first-order valence-corrected chi connectivity index (χ1v) is 5.57. The maximum Gasteiger partial charge on any atom is 0.136 e. The van der Waals surface area contributed by atoms with E-state index in [1.54, 1.807) is 7.11 Å². The first kappa shape index (κ1) is 12.5. The second kappa shape index (κ2) is 5.49. The van der Waals surface area contributed by atoms with Crippen LogP contribution in [-0.2, 0) is 11.4 Å². The minimum absolute atomic E-state index is 0.397. The van der Waals surface area contributed by atoms with Crippen molar-refractivity contribution in [2.75, 3.05) is 7.11 Å². The molecule has 1 rings (SSSR count). The van der Waals surface area contributed by atoms with Crippen molar-refractivity contribution in [3.05, 3.63) is 27.7 Å². The normalized spacial score (nSPS) is 10.8. The van der Waals surface area contributed by atoms with Gasteiger partial charge in [0.15, 0.2) is 0 Å². The summed E-state index contributed by atoms with van der Waals surface area (Å²) in [4.78, 5) is 4.63. The first-order chi connectivity index (χ1) is 7.10. The third-order valence-electron chi connectivity index (χ3n) is 2.21. The topological polar surface area (TPSA) is 44.5 Å². The van der Waals surface area contributed by atoms with E-state index in [-0.39, 0.29) is 0 Å². The number of methoxy groups -OCH3 is 1. The summed E-state index contributed by atoms with van der Waals surface area (Å²) in [5.41, 5.74) is 2.19. The highest BCUT2D eigenvalue weighted by atomic mass is 79.9. The molecule has 0 fully saturated rings. The van der Waals surface area contributed by atoms with Crippen molar-refractivity contribution in [2.45, 2.75) is 26.4 Å². The Labute approximate surface area is 98.6 Å². The lowest BCUT2D eigenvalue weighted by Crippen LogP contribution is -2.02. The van der Waals surface area contributed by atoms with Crippen molar-refractivity contribution in [3.63, 3.8) is 0 Å². The van der Waals surface area contributed by atoms with Crippen molar-refractivity contribution >= 4 is 15.9 Å². The fraction of sp³-hybridized carbons (Fsp3) is 0.455. The van der Waals surface area contributed by atoms with Gasteiger partial charge in [-0.25, -0.2) is 5.90 Å². The predicted octanol–water partition coefficient (Wildman–Crippen LogP) is 2.97. The summed E-state index contributed by atoms with van der Waals surface area (Å²) in [5.74, 6) is 6.34. The molecule has 84 valence electrons. The molecule has 0 saturated carbocycles. The fourth-order valence-corrected chi connectivity index (χ4v) is 2.18. The molecule has 2 N–H and O–H groups in total. The molecule has 0 radical (unpaired) electrons. The van der Waals surface area contributed by atoms with Gasteiger partial charge in [0.25, 0.3) is 0 Å². The largest absolute Gasteiger partial charge is 0.495 e. The molecule has 0 aliphatic rings. The van der Waals surface area contributed by atoms with E-state index < -0.39 is 0 Å². The molecule has 0 aliphatic carbocycles. The van der Waals surface area contributed by atoms with Crippen LogP contribution in [0.2, 0.25) is 0 Å². The van der Waals surface area contributed by atoms with Crippen molar-refractivity contribution in [2.24, 2.45) is 5.90 Å². The van der Waals surface area contributed by atoms with E-state index in [0.717, 1.165) is 21.3 Å². The Bertz CT molecular complexity index is 340. The predicted molar refractivity (Wildman–Crippen MR) is 63.8 cm³/mol. The van der Waals surface area contributed by atoms with Crippen LogP contribution in [0.4, 0.5) is 0 Å². The highest BCUT2D eigenvalue weighted by Gasteiger charge is 2.12. The molecule has 0 heterocycles. The fourth-order valence-electron chi connectivity index (χ4n) is 1.50. The Morgan fingerprint density at radius 3 is 2.53 bits per heavy atom. The molecule has 0 atom stereocenters. The van der Waals surface area contributed by atoms with E-state index >= 15 is 0 Å². The zero-order chi connectivity index (χ0) is 11.4. The molecular weight excluding hydrogens is 258 g/mol. The van der Waals surface area contributed by atoms with Gasteiger partial charge in [-0.1, -0.05) is 13.8 Å². The van der Waals surface area contributed by atoms with Gasteiger partial charge < -0.3 is 4.74 Å². The van der Waals surface area contributed by atoms with Crippen LogP contribution >= 0.6 is 15.9 Å². The summed E-state index contributed by atoms with van der Waals surface area (Å²) in [6.45, 7) is 4.65. The third-order valence-corrected chi connectivity index (χ3v) is 2.80. The number of ether oxygens (including phenoxy) is 1. The van der Waals surface area contributed by atoms with Crippen molar-refractivity contribution < 1.29 is 9.57 Å². The minimum atomic E-state index is 0.397. The molecule has 15 heavy (non-hydrogen) atoms. The average Bonchev–Trinajstić information content (AvgIpc) is 2.17. The van der Waals surface area contributed by atoms with Gasteiger partial charge in [0.2, 0.25) is 0 Å². The minimum Gasteiger partial charge on any atom is -0.495 e. The summed E-state index contributed by atoms with van der Waals surface area (Å²) in [7, 11) is 1.67. The molecule has 0 saturated heterocycles. The van der Waals surface area contributed by atoms with E-state index in [1.165, 1.54) is 0 Å². The Morgan fingerprint density at radius 2 is 2.07 bits per heavy atom. The summed E-state index contributed by atoms with van der Waals surface area (Å²) >= 11 is 3.48. The third kappa shape index (κ3) is 2.93. The number of hydrogen-bond acceptors (Lipinski definition) is 3. The Hall–Kier alpha value is -0.580. The molecule has 0 spiro atoms. The van der Waals surface area contributed by atoms with Gasteiger partial charge in [-0.15, -0.1) is 0 Å². The van der Waals surface area contributed by atoms with Gasteiger partial charge in [-0.05, 0) is 45.1 Å². The quantitative estimate of drug-likeness (QED) is 0.858. The number of rotatable bonds is 4. The Kier molecular flexibility index (Phi) is 4.57. The maximum absolute atomic E-state index is 5.35. The summed E-state index contributed by atoms with van der Waals surface area (Å²) in [5, 5.41) is 0. The number of halogens is 1. The van der Waals surface area contributed by atoms with E-state index in [2.05, 4.69) is 40.7 Å². The maximum atomic E-state index is 5.35. The zero-order valence-electron chi connectivity index (χ0n) is 9.21. The lowest BCUT2D eigenvalue weighted by Gasteiger charge is -2.15. The molecule has 1 aromatic rings. The van der Waals surface area contributed by atoms with E-state index in [1.807, 2.05) is 6.07 Å². The molecule has 0 unspecified atom stereocenters. The van der Waals surface area contributed by atoms with Crippen molar-refractivity contribution in [1.29, 1.82) is 0 Å². The highest BCUT2D eigenvalue weighted by Crippen LogP contribution is 2.35. The molecule has 0 amide bonds. The van der Waals surface area contributed by atoms with E-state index in [0.29, 0.717) is 12.5 Å². The Balaban J connectivity index is 3.19. The smallest absolute Gasteiger partial charge is 0.136 e. The number of hydrogen-bond donors (Lipinski definition) is 1. The van der Waals surface area contributed by atoms with Crippen LogP contribution in [0, 0.1) is 0 Å². The van der Waals surface area contributed by atoms with Crippen LogP contribution in [0.5, 0.6) is 5.75 Å². The average molecular weight is 274 g/mol. The molecule has 0 bridgehead atoms. The molecule has 3 nitrogen and oxygen atoms in total. The summed E-state index contributed by atoms with van der Waals surface area (Å²) in [6, 6.07) is 4.01. The molecule has 1 aromatic carbocycles. The molecule has 0 aliphatic heterocycles. The van der Waals surface area contributed by atoms with Crippen LogP contribution < -0.4 is 10.6 Å². The standard InChI is InChI=1S/C11H16BrNO2/c1-7(2)9-4-8(6-15-13)5-10(12)11(9)14-3/h4-5,7H,6,13H2,1-3H3. The molecule has 4 heteroatoms. The lowest BCUT2D eigenvalue weighted by atomic mass is 10.00. The molecule has 0 aromatic heterocycles. The van der Waals surface area contributed by atoms with Gasteiger partial charge in [0.1, 0.15) is 5.75 Å². The monoisotopic (exact) mass is 273 g/mol. The summed E-state index contributed by atoms with van der Waals surface area (Å²) < 4.78 is 6.29. The van der Waals surface area contributed by atoms with Crippen molar-refractivity contribution in [1.82, 2.24) is 0 Å².